The van der Waals surface area contributed by atoms with Gasteiger partial charge in [0, 0.05) is 5.54 Å². The van der Waals surface area contributed by atoms with Crippen LogP contribution in [0, 0.1) is 5.92 Å². The number of hydrogen-bond donors (Lipinski definition) is 1. The first-order valence-electron chi connectivity index (χ1n) is 7.82. The van der Waals surface area contributed by atoms with E-state index in [-0.39, 0.29) is 11.5 Å². The highest BCUT2D eigenvalue weighted by atomic mass is 16.5. The Hall–Kier alpha value is -0.610. The molecule has 20 heavy (non-hydrogen) atoms. The van der Waals surface area contributed by atoms with E-state index in [9.17, 15) is 4.79 Å². The lowest BCUT2D eigenvalue weighted by Crippen LogP contribution is -2.54. The molecule has 0 aromatic heterocycles. The maximum atomic E-state index is 12.2. The predicted octanol–water partition coefficient (Wildman–Crippen LogP) is 2.43. The van der Waals surface area contributed by atoms with Gasteiger partial charge in [0.05, 0.1) is 7.11 Å². The van der Waals surface area contributed by atoms with Crippen molar-refractivity contribution in [2.24, 2.45) is 5.92 Å². The van der Waals surface area contributed by atoms with Crippen LogP contribution in [0.4, 0.5) is 0 Å². The van der Waals surface area contributed by atoms with Crippen molar-refractivity contribution in [1.29, 1.82) is 0 Å². The van der Waals surface area contributed by atoms with E-state index in [1.807, 2.05) is 7.05 Å². The van der Waals surface area contributed by atoms with Gasteiger partial charge in [0.15, 0.2) is 0 Å². The molecule has 4 heteroatoms. The second-order valence-electron chi connectivity index (χ2n) is 6.68. The molecule has 0 aromatic rings. The van der Waals surface area contributed by atoms with E-state index in [4.69, 9.17) is 4.74 Å². The molecule has 4 nitrogen and oxygen atoms in total. The van der Waals surface area contributed by atoms with Crippen molar-refractivity contribution < 1.29 is 9.53 Å². The maximum absolute atomic E-state index is 12.2. The molecule has 0 spiro atoms. The molecule has 1 rings (SSSR count). The zero-order chi connectivity index (χ0) is 15.4. The minimum atomic E-state index is -0.466. The Kier molecular flexibility index (Phi) is 6.02. The molecule has 0 amide bonds. The second-order valence-corrected chi connectivity index (χ2v) is 6.68. The molecule has 0 heterocycles. The number of hydrogen-bond acceptors (Lipinski definition) is 4. The number of nitrogens with one attached hydrogen (secondary N) is 1. The van der Waals surface area contributed by atoms with Crippen LogP contribution in [0.3, 0.4) is 0 Å². The Bertz CT molecular complexity index is 330. The van der Waals surface area contributed by atoms with Crippen LogP contribution in [-0.4, -0.2) is 49.7 Å². The van der Waals surface area contributed by atoms with E-state index in [2.05, 4.69) is 38.0 Å². The number of rotatable bonds is 7. The zero-order valence-corrected chi connectivity index (χ0v) is 14.1. The molecule has 0 bridgehead atoms. The summed E-state index contributed by atoms with van der Waals surface area (Å²) in [6.45, 7) is 7.78. The zero-order valence-electron chi connectivity index (χ0n) is 14.1. The first-order valence-corrected chi connectivity index (χ1v) is 7.82. The summed E-state index contributed by atoms with van der Waals surface area (Å²) in [5.41, 5.74) is -0.252. The Morgan fingerprint density at radius 3 is 2.65 bits per heavy atom. The van der Waals surface area contributed by atoms with Gasteiger partial charge in [-0.1, -0.05) is 13.3 Å². The van der Waals surface area contributed by atoms with Gasteiger partial charge in [-0.05, 0) is 66.1 Å². The molecular formula is C16H32N2O2. The van der Waals surface area contributed by atoms with Crippen LogP contribution in [-0.2, 0) is 9.53 Å². The second kappa shape index (κ2) is 6.90. The molecule has 2 atom stereocenters. The molecule has 1 saturated carbocycles. The van der Waals surface area contributed by atoms with Crippen molar-refractivity contribution in [3.05, 3.63) is 0 Å². The number of methoxy groups -OCH3 is 1. The van der Waals surface area contributed by atoms with Crippen molar-refractivity contribution in [2.75, 3.05) is 27.7 Å². The number of carbonyl (C=O) groups excluding carboxylic acids is 1. The standard InChI is InChI=1S/C16H32N2O2/c1-7-15(2,3)18(5)12-10-13-9-8-11-16(13,17-4)14(19)20-6/h13,17H,7-12H2,1-6H3. The summed E-state index contributed by atoms with van der Waals surface area (Å²) < 4.78 is 5.04. The average molecular weight is 284 g/mol. The van der Waals surface area contributed by atoms with Crippen molar-refractivity contribution in [2.45, 2.75) is 64.0 Å². The topological polar surface area (TPSA) is 41.6 Å². The third-order valence-corrected chi connectivity index (χ3v) is 5.53. The largest absolute Gasteiger partial charge is 0.468 e. The van der Waals surface area contributed by atoms with Gasteiger partial charge in [-0.2, -0.15) is 0 Å². The quantitative estimate of drug-likeness (QED) is 0.729. The summed E-state index contributed by atoms with van der Waals surface area (Å²) in [5.74, 6) is 0.273. The van der Waals surface area contributed by atoms with Crippen LogP contribution in [0.1, 0.15) is 52.9 Å². The Balaban J connectivity index is 2.69. The predicted molar refractivity (Wildman–Crippen MR) is 82.8 cm³/mol. The molecule has 0 aromatic carbocycles. The summed E-state index contributed by atoms with van der Waals surface area (Å²) >= 11 is 0. The number of nitrogens with zero attached hydrogens (tertiary/aromatic N) is 1. The van der Waals surface area contributed by atoms with E-state index in [0.717, 1.165) is 38.6 Å². The van der Waals surface area contributed by atoms with E-state index in [0.29, 0.717) is 5.92 Å². The van der Waals surface area contributed by atoms with Gasteiger partial charge in [0.2, 0.25) is 0 Å². The SMILES string of the molecule is CCC(C)(C)N(C)CCC1CCCC1(NC)C(=O)OC. The van der Waals surface area contributed by atoms with Crippen LogP contribution >= 0.6 is 0 Å². The smallest absolute Gasteiger partial charge is 0.326 e. The lowest BCUT2D eigenvalue weighted by molar-refractivity contribution is -0.150. The molecule has 1 aliphatic carbocycles. The molecule has 1 aliphatic rings. The molecule has 118 valence electrons. The monoisotopic (exact) mass is 284 g/mol. The van der Waals surface area contributed by atoms with E-state index in [1.165, 1.54) is 7.11 Å². The Labute approximate surface area is 124 Å². The third kappa shape index (κ3) is 3.34. The lowest BCUT2D eigenvalue weighted by atomic mass is 9.84. The molecule has 0 radical (unpaired) electrons. The first kappa shape index (κ1) is 17.4. The third-order valence-electron chi connectivity index (χ3n) is 5.53. The Morgan fingerprint density at radius 1 is 1.50 bits per heavy atom. The Morgan fingerprint density at radius 2 is 2.15 bits per heavy atom. The highest BCUT2D eigenvalue weighted by molar-refractivity contribution is 5.81. The fourth-order valence-corrected chi connectivity index (χ4v) is 3.27. The van der Waals surface area contributed by atoms with Crippen LogP contribution in [0.2, 0.25) is 0 Å². The highest BCUT2D eigenvalue weighted by Gasteiger charge is 2.48. The average Bonchev–Trinajstić information content (AvgIpc) is 2.87. The van der Waals surface area contributed by atoms with E-state index >= 15 is 0 Å². The van der Waals surface area contributed by atoms with Gasteiger partial charge in [0.1, 0.15) is 5.54 Å². The van der Waals surface area contributed by atoms with Crippen LogP contribution in [0.25, 0.3) is 0 Å². The summed E-state index contributed by atoms with van der Waals surface area (Å²) in [5, 5.41) is 3.26. The first-order chi connectivity index (χ1) is 9.34. The van der Waals surface area contributed by atoms with Crippen molar-refractivity contribution >= 4 is 5.97 Å². The van der Waals surface area contributed by atoms with Crippen LogP contribution in [0.5, 0.6) is 0 Å². The summed E-state index contributed by atoms with van der Waals surface area (Å²) in [6, 6.07) is 0. The summed E-state index contributed by atoms with van der Waals surface area (Å²) in [6.07, 6.45) is 5.26. The summed E-state index contributed by atoms with van der Waals surface area (Å²) in [4.78, 5) is 14.6. The fourth-order valence-electron chi connectivity index (χ4n) is 3.27. The van der Waals surface area contributed by atoms with Crippen molar-refractivity contribution in [3.8, 4) is 0 Å². The maximum Gasteiger partial charge on any atom is 0.326 e. The van der Waals surface area contributed by atoms with Crippen LogP contribution in [0.15, 0.2) is 0 Å². The van der Waals surface area contributed by atoms with Gasteiger partial charge in [0.25, 0.3) is 0 Å². The number of likely N-dealkylation sites (N-methyl/N-ethyl adjacent to an activating group) is 1. The normalized spacial score (nSPS) is 27.1. The van der Waals surface area contributed by atoms with E-state index < -0.39 is 5.54 Å². The van der Waals surface area contributed by atoms with Crippen molar-refractivity contribution in [3.63, 3.8) is 0 Å². The molecule has 2 unspecified atom stereocenters. The van der Waals surface area contributed by atoms with Gasteiger partial charge < -0.3 is 15.0 Å². The van der Waals surface area contributed by atoms with Gasteiger partial charge in [-0.15, -0.1) is 0 Å². The molecule has 1 N–H and O–H groups in total. The molecule has 1 fully saturated rings. The fraction of sp³-hybridized carbons (Fsp3) is 0.938. The van der Waals surface area contributed by atoms with Crippen molar-refractivity contribution in [1.82, 2.24) is 10.2 Å². The number of carbonyl (C=O) groups is 1. The minimum absolute atomic E-state index is 0.0973. The minimum Gasteiger partial charge on any atom is -0.468 e. The van der Waals surface area contributed by atoms with Gasteiger partial charge in [-0.25, -0.2) is 0 Å². The number of esters is 1. The lowest BCUT2D eigenvalue weighted by Gasteiger charge is -2.38. The van der Waals surface area contributed by atoms with Gasteiger partial charge >= 0.3 is 5.97 Å². The van der Waals surface area contributed by atoms with Crippen LogP contribution < -0.4 is 5.32 Å². The molecule has 0 aliphatic heterocycles. The van der Waals surface area contributed by atoms with E-state index in [1.54, 1.807) is 0 Å². The number of ether oxygens (including phenoxy) is 1. The highest BCUT2D eigenvalue weighted by Crippen LogP contribution is 2.39. The van der Waals surface area contributed by atoms with Gasteiger partial charge in [-0.3, -0.25) is 4.79 Å². The molecular weight excluding hydrogens is 252 g/mol. The summed E-state index contributed by atoms with van der Waals surface area (Å²) in [7, 11) is 5.55. The molecule has 0 saturated heterocycles.